The highest BCUT2D eigenvalue weighted by molar-refractivity contribution is 9.10. The van der Waals surface area contributed by atoms with Gasteiger partial charge in [0.25, 0.3) is 0 Å². The van der Waals surface area contributed by atoms with E-state index >= 15 is 0 Å². The molecule has 5 heteroatoms. The molecule has 0 saturated carbocycles. The Morgan fingerprint density at radius 3 is 2.67 bits per heavy atom. The number of anilines is 1. The van der Waals surface area contributed by atoms with Crippen molar-refractivity contribution in [2.45, 2.75) is 27.3 Å². The summed E-state index contributed by atoms with van der Waals surface area (Å²) in [5.74, 6) is 1.75. The molecule has 0 aliphatic carbocycles. The third-order valence-electron chi connectivity index (χ3n) is 2.83. The normalized spacial score (nSPS) is 10.7. The number of benzene rings is 1. The summed E-state index contributed by atoms with van der Waals surface area (Å²) in [5, 5.41) is 11.7. The van der Waals surface area contributed by atoms with Crippen LogP contribution >= 0.6 is 15.9 Å². The summed E-state index contributed by atoms with van der Waals surface area (Å²) in [6, 6.07) is 6.20. The number of hydrogen-bond donors (Lipinski definition) is 1. The number of aromatic nitrogens is 3. The van der Waals surface area contributed by atoms with Gasteiger partial charge in [-0.3, -0.25) is 4.57 Å². The second-order valence-corrected chi connectivity index (χ2v) is 5.00. The zero-order valence-corrected chi connectivity index (χ0v) is 12.5. The Bertz CT molecular complexity index is 548. The molecule has 0 radical (unpaired) electrons. The number of halogens is 1. The van der Waals surface area contributed by atoms with Crippen molar-refractivity contribution in [1.82, 2.24) is 14.8 Å². The lowest BCUT2D eigenvalue weighted by Crippen LogP contribution is -2.07. The quantitative estimate of drug-likeness (QED) is 0.940. The van der Waals surface area contributed by atoms with Gasteiger partial charge in [0.1, 0.15) is 0 Å². The van der Waals surface area contributed by atoms with Crippen molar-refractivity contribution in [2.24, 2.45) is 0 Å². The van der Waals surface area contributed by atoms with Crippen LogP contribution in [0.15, 0.2) is 22.7 Å². The summed E-state index contributed by atoms with van der Waals surface area (Å²) < 4.78 is 3.18. The van der Waals surface area contributed by atoms with Gasteiger partial charge in [-0.2, -0.15) is 0 Å². The summed E-state index contributed by atoms with van der Waals surface area (Å²) in [4.78, 5) is 0. The molecule has 0 aliphatic heterocycles. The molecule has 4 nitrogen and oxygen atoms in total. The number of nitrogens with zero attached hydrogens (tertiary/aromatic N) is 3. The Morgan fingerprint density at radius 2 is 2.06 bits per heavy atom. The Labute approximate surface area is 116 Å². The fourth-order valence-electron chi connectivity index (χ4n) is 1.97. The summed E-state index contributed by atoms with van der Waals surface area (Å²) in [6.45, 7) is 7.93. The van der Waals surface area contributed by atoms with Crippen LogP contribution in [-0.2, 0) is 6.54 Å². The van der Waals surface area contributed by atoms with Gasteiger partial charge in [-0.15, -0.1) is 10.2 Å². The first kappa shape index (κ1) is 13.1. The molecule has 0 unspecified atom stereocenters. The monoisotopic (exact) mass is 308 g/mol. The summed E-state index contributed by atoms with van der Waals surface area (Å²) >= 11 is 3.48. The molecule has 0 saturated heterocycles. The maximum Gasteiger partial charge on any atom is 0.224 e. The van der Waals surface area contributed by atoms with Crippen LogP contribution in [0.3, 0.4) is 0 Å². The van der Waals surface area contributed by atoms with Crippen molar-refractivity contribution in [3.63, 3.8) is 0 Å². The fourth-order valence-corrected chi connectivity index (χ4v) is 2.44. The van der Waals surface area contributed by atoms with E-state index in [-0.39, 0.29) is 0 Å². The second kappa shape index (κ2) is 5.52. The van der Waals surface area contributed by atoms with Crippen molar-refractivity contribution in [3.05, 3.63) is 28.2 Å². The van der Waals surface area contributed by atoms with Crippen LogP contribution in [-0.4, -0.2) is 21.3 Å². The molecule has 1 N–H and O–H groups in total. The smallest absolute Gasteiger partial charge is 0.224 e. The lowest BCUT2D eigenvalue weighted by molar-refractivity contribution is 0.770. The van der Waals surface area contributed by atoms with E-state index in [1.807, 2.05) is 6.07 Å². The van der Waals surface area contributed by atoms with Gasteiger partial charge in [0.2, 0.25) is 5.95 Å². The van der Waals surface area contributed by atoms with E-state index in [0.29, 0.717) is 0 Å². The molecule has 1 heterocycles. The minimum atomic E-state index is 0.831. The van der Waals surface area contributed by atoms with E-state index in [1.165, 1.54) is 5.56 Å². The molecule has 0 spiro atoms. The molecule has 96 valence electrons. The van der Waals surface area contributed by atoms with Crippen molar-refractivity contribution in [3.8, 4) is 11.4 Å². The van der Waals surface area contributed by atoms with Crippen LogP contribution < -0.4 is 5.32 Å². The number of hydrogen-bond acceptors (Lipinski definition) is 3. The molecule has 18 heavy (non-hydrogen) atoms. The molecule has 0 bridgehead atoms. The molecule has 1 aromatic carbocycles. The van der Waals surface area contributed by atoms with Gasteiger partial charge in [0.05, 0.1) is 0 Å². The molecule has 1 aromatic heterocycles. The van der Waals surface area contributed by atoms with E-state index in [1.54, 1.807) is 0 Å². The van der Waals surface area contributed by atoms with E-state index in [0.717, 1.165) is 34.9 Å². The summed E-state index contributed by atoms with van der Waals surface area (Å²) in [7, 11) is 0. The minimum absolute atomic E-state index is 0.831. The third-order valence-corrected chi connectivity index (χ3v) is 3.32. The number of aryl methyl sites for hydroxylation is 1. The Morgan fingerprint density at radius 1 is 1.28 bits per heavy atom. The maximum atomic E-state index is 4.30. The highest BCUT2D eigenvalue weighted by atomic mass is 79.9. The fraction of sp³-hybridized carbons (Fsp3) is 0.385. The van der Waals surface area contributed by atoms with Crippen molar-refractivity contribution in [2.75, 3.05) is 11.9 Å². The standard InChI is InChI=1S/C13H17BrN4/c1-4-15-13-17-16-12(18(13)5-2)11-7-6-10(14)8-9(11)3/h6-8H,4-5H2,1-3H3,(H,15,17). The zero-order valence-electron chi connectivity index (χ0n) is 10.9. The first-order chi connectivity index (χ1) is 8.67. The second-order valence-electron chi connectivity index (χ2n) is 4.08. The molecule has 2 aromatic rings. The van der Waals surface area contributed by atoms with E-state index in [4.69, 9.17) is 0 Å². The van der Waals surface area contributed by atoms with Crippen LogP contribution in [0.5, 0.6) is 0 Å². The molecule has 0 fully saturated rings. The number of nitrogens with one attached hydrogen (secondary N) is 1. The molecule has 0 amide bonds. The maximum absolute atomic E-state index is 4.30. The Hall–Kier alpha value is -1.36. The highest BCUT2D eigenvalue weighted by Crippen LogP contribution is 2.26. The lowest BCUT2D eigenvalue weighted by atomic mass is 10.1. The van der Waals surface area contributed by atoms with Gasteiger partial charge in [0, 0.05) is 23.1 Å². The first-order valence-corrected chi connectivity index (χ1v) is 6.90. The molecule has 2 rings (SSSR count). The van der Waals surface area contributed by atoms with E-state index < -0.39 is 0 Å². The van der Waals surface area contributed by atoms with Gasteiger partial charge >= 0.3 is 0 Å². The van der Waals surface area contributed by atoms with Crippen LogP contribution in [0, 0.1) is 6.92 Å². The zero-order chi connectivity index (χ0) is 13.1. The van der Waals surface area contributed by atoms with Crippen LogP contribution in [0.25, 0.3) is 11.4 Å². The van der Waals surface area contributed by atoms with E-state index in [9.17, 15) is 0 Å². The summed E-state index contributed by atoms with van der Waals surface area (Å²) in [5.41, 5.74) is 2.31. The van der Waals surface area contributed by atoms with Crippen molar-refractivity contribution in [1.29, 1.82) is 0 Å². The van der Waals surface area contributed by atoms with Crippen molar-refractivity contribution < 1.29 is 0 Å². The van der Waals surface area contributed by atoms with Crippen LogP contribution in [0.2, 0.25) is 0 Å². The highest BCUT2D eigenvalue weighted by Gasteiger charge is 2.13. The molecule has 0 aliphatic rings. The molecular formula is C13H17BrN4. The topological polar surface area (TPSA) is 42.7 Å². The average molecular weight is 309 g/mol. The predicted molar refractivity (Wildman–Crippen MR) is 77.7 cm³/mol. The van der Waals surface area contributed by atoms with Gasteiger partial charge in [0.15, 0.2) is 5.82 Å². The molecule has 0 atom stereocenters. The largest absolute Gasteiger partial charge is 0.355 e. The molecular weight excluding hydrogens is 292 g/mol. The Kier molecular flexibility index (Phi) is 4.01. The van der Waals surface area contributed by atoms with E-state index in [2.05, 4.69) is 68.9 Å². The Balaban J connectivity index is 2.50. The van der Waals surface area contributed by atoms with Crippen LogP contribution in [0.4, 0.5) is 5.95 Å². The number of rotatable bonds is 4. The minimum Gasteiger partial charge on any atom is -0.355 e. The third kappa shape index (κ3) is 2.41. The average Bonchev–Trinajstić information content (AvgIpc) is 2.72. The van der Waals surface area contributed by atoms with Gasteiger partial charge in [-0.05, 0) is 44.5 Å². The predicted octanol–water partition coefficient (Wildman–Crippen LogP) is 3.47. The van der Waals surface area contributed by atoms with Gasteiger partial charge in [-0.25, -0.2) is 0 Å². The summed E-state index contributed by atoms with van der Waals surface area (Å²) in [6.07, 6.45) is 0. The van der Waals surface area contributed by atoms with Crippen molar-refractivity contribution >= 4 is 21.9 Å². The lowest BCUT2D eigenvalue weighted by Gasteiger charge is -2.10. The van der Waals surface area contributed by atoms with Gasteiger partial charge < -0.3 is 5.32 Å². The van der Waals surface area contributed by atoms with Gasteiger partial charge in [-0.1, -0.05) is 15.9 Å². The SMILES string of the molecule is CCNc1nnc(-c2ccc(Br)cc2C)n1CC. The first-order valence-electron chi connectivity index (χ1n) is 6.11. The van der Waals surface area contributed by atoms with Crippen LogP contribution in [0.1, 0.15) is 19.4 Å².